The SMILES string of the molecule is COc1ccc(C(=O)NCCn2cc(C(=O)NCc3ccc(SC)cc3)nn2)c(OC)c1OC. The molecule has 0 aliphatic rings. The van der Waals surface area contributed by atoms with E-state index in [1.54, 1.807) is 23.9 Å². The average molecular weight is 486 g/mol. The summed E-state index contributed by atoms with van der Waals surface area (Å²) in [6.07, 6.45) is 3.55. The van der Waals surface area contributed by atoms with Crippen LogP contribution >= 0.6 is 11.8 Å². The number of ether oxygens (including phenoxy) is 3. The van der Waals surface area contributed by atoms with E-state index < -0.39 is 0 Å². The Hall–Kier alpha value is -3.73. The summed E-state index contributed by atoms with van der Waals surface area (Å²) in [4.78, 5) is 26.2. The Balaban J connectivity index is 1.53. The lowest BCUT2D eigenvalue weighted by Crippen LogP contribution is -2.28. The maximum absolute atomic E-state index is 12.7. The highest BCUT2D eigenvalue weighted by Gasteiger charge is 2.20. The molecule has 1 heterocycles. The van der Waals surface area contributed by atoms with E-state index in [1.807, 2.05) is 30.5 Å². The third-order valence-electron chi connectivity index (χ3n) is 4.96. The maximum atomic E-state index is 12.7. The minimum atomic E-state index is -0.344. The van der Waals surface area contributed by atoms with Crippen molar-refractivity contribution in [1.29, 1.82) is 0 Å². The summed E-state index contributed by atoms with van der Waals surface area (Å²) in [6, 6.07) is 11.2. The van der Waals surface area contributed by atoms with Crippen LogP contribution in [0.15, 0.2) is 47.5 Å². The first-order valence-electron chi connectivity index (χ1n) is 10.4. The lowest BCUT2D eigenvalue weighted by Gasteiger charge is -2.15. The molecule has 0 saturated carbocycles. The van der Waals surface area contributed by atoms with E-state index in [-0.39, 0.29) is 29.8 Å². The number of hydrogen-bond acceptors (Lipinski definition) is 8. The molecule has 0 radical (unpaired) electrons. The summed E-state index contributed by atoms with van der Waals surface area (Å²) in [5, 5.41) is 13.5. The van der Waals surface area contributed by atoms with Crippen molar-refractivity contribution < 1.29 is 23.8 Å². The van der Waals surface area contributed by atoms with Gasteiger partial charge in [-0.25, -0.2) is 4.68 Å². The van der Waals surface area contributed by atoms with Gasteiger partial charge < -0.3 is 24.8 Å². The van der Waals surface area contributed by atoms with Gasteiger partial charge in [-0.15, -0.1) is 16.9 Å². The predicted molar refractivity (Wildman–Crippen MR) is 128 cm³/mol. The summed E-state index contributed by atoms with van der Waals surface area (Å²) < 4.78 is 17.4. The van der Waals surface area contributed by atoms with Crippen LogP contribution in [-0.2, 0) is 13.1 Å². The van der Waals surface area contributed by atoms with Gasteiger partial charge in [-0.2, -0.15) is 0 Å². The average Bonchev–Trinajstić information content (AvgIpc) is 3.35. The number of nitrogens with zero attached hydrogens (tertiary/aromatic N) is 3. The molecule has 0 fully saturated rings. The molecule has 1 aromatic heterocycles. The van der Waals surface area contributed by atoms with Crippen LogP contribution in [0.25, 0.3) is 0 Å². The smallest absolute Gasteiger partial charge is 0.273 e. The molecule has 34 heavy (non-hydrogen) atoms. The summed E-state index contributed by atoms with van der Waals surface area (Å²) >= 11 is 1.66. The molecule has 3 aromatic rings. The van der Waals surface area contributed by atoms with Gasteiger partial charge in [0, 0.05) is 18.0 Å². The Morgan fingerprint density at radius 3 is 2.32 bits per heavy atom. The zero-order valence-corrected chi connectivity index (χ0v) is 20.3. The Morgan fingerprint density at radius 1 is 0.941 bits per heavy atom. The first-order valence-corrected chi connectivity index (χ1v) is 11.6. The van der Waals surface area contributed by atoms with Gasteiger partial charge in [0.2, 0.25) is 5.75 Å². The maximum Gasteiger partial charge on any atom is 0.273 e. The van der Waals surface area contributed by atoms with E-state index in [0.717, 1.165) is 10.5 Å². The second-order valence-electron chi connectivity index (χ2n) is 7.04. The molecule has 2 amide bonds. The van der Waals surface area contributed by atoms with E-state index >= 15 is 0 Å². The van der Waals surface area contributed by atoms with Crippen LogP contribution in [0.2, 0.25) is 0 Å². The van der Waals surface area contributed by atoms with Crippen molar-refractivity contribution in [2.75, 3.05) is 34.1 Å². The predicted octanol–water partition coefficient (Wildman–Crippen LogP) is 2.39. The summed E-state index contributed by atoms with van der Waals surface area (Å²) in [5.41, 5.74) is 1.50. The standard InChI is InChI=1S/C23H27N5O5S/c1-31-19-10-9-17(20(32-2)21(19)33-3)22(29)24-11-12-28-14-18(26-27-28)23(30)25-13-15-5-7-16(34-4)8-6-15/h5-10,14H,11-13H2,1-4H3,(H,24,29)(H,25,30). The van der Waals surface area contributed by atoms with E-state index in [2.05, 4.69) is 20.9 Å². The number of thioether (sulfide) groups is 1. The highest BCUT2D eigenvalue weighted by atomic mass is 32.2. The molecule has 0 unspecified atom stereocenters. The molecule has 3 rings (SSSR count). The number of carbonyl (C=O) groups is 2. The van der Waals surface area contributed by atoms with Gasteiger partial charge in [-0.05, 0) is 36.1 Å². The van der Waals surface area contributed by atoms with Gasteiger partial charge >= 0.3 is 0 Å². The number of benzene rings is 2. The molecule has 0 saturated heterocycles. The monoisotopic (exact) mass is 485 g/mol. The van der Waals surface area contributed by atoms with Crippen molar-refractivity contribution in [2.24, 2.45) is 0 Å². The quantitative estimate of drug-likeness (QED) is 0.398. The topological polar surface area (TPSA) is 117 Å². The summed E-state index contributed by atoms with van der Waals surface area (Å²) in [5.74, 6) is 0.413. The fourth-order valence-corrected chi connectivity index (χ4v) is 3.60. The normalized spacial score (nSPS) is 10.5. The largest absolute Gasteiger partial charge is 0.493 e. The van der Waals surface area contributed by atoms with E-state index in [1.165, 1.54) is 32.2 Å². The zero-order valence-electron chi connectivity index (χ0n) is 19.5. The first kappa shape index (κ1) is 24.9. The fourth-order valence-electron chi connectivity index (χ4n) is 3.19. The molecule has 0 atom stereocenters. The van der Waals surface area contributed by atoms with E-state index in [0.29, 0.717) is 30.2 Å². The number of nitrogens with one attached hydrogen (secondary N) is 2. The number of amides is 2. The van der Waals surface area contributed by atoms with Gasteiger partial charge in [-0.3, -0.25) is 9.59 Å². The van der Waals surface area contributed by atoms with Crippen molar-refractivity contribution in [1.82, 2.24) is 25.6 Å². The zero-order chi connectivity index (χ0) is 24.5. The van der Waals surface area contributed by atoms with Crippen LogP contribution in [-0.4, -0.2) is 60.9 Å². The lowest BCUT2D eigenvalue weighted by molar-refractivity contribution is 0.0938. The first-order chi connectivity index (χ1) is 16.5. The van der Waals surface area contributed by atoms with Crippen molar-refractivity contribution >= 4 is 23.6 Å². The van der Waals surface area contributed by atoms with Gasteiger partial charge in [-0.1, -0.05) is 17.3 Å². The lowest BCUT2D eigenvalue weighted by atomic mass is 10.1. The minimum absolute atomic E-state index is 0.202. The molecule has 0 aliphatic carbocycles. The molecule has 0 aliphatic heterocycles. The van der Waals surface area contributed by atoms with Gasteiger partial charge in [0.25, 0.3) is 11.8 Å². The number of methoxy groups -OCH3 is 3. The van der Waals surface area contributed by atoms with E-state index in [9.17, 15) is 9.59 Å². The van der Waals surface area contributed by atoms with E-state index in [4.69, 9.17) is 14.2 Å². The van der Waals surface area contributed by atoms with Crippen LogP contribution in [0, 0.1) is 0 Å². The van der Waals surface area contributed by atoms with Gasteiger partial charge in [0.05, 0.1) is 39.6 Å². The highest BCUT2D eigenvalue weighted by molar-refractivity contribution is 7.98. The number of carbonyl (C=O) groups excluding carboxylic acids is 2. The molecule has 180 valence electrons. The third-order valence-corrected chi connectivity index (χ3v) is 5.70. The molecular formula is C23H27N5O5S. The third kappa shape index (κ3) is 5.98. The second-order valence-corrected chi connectivity index (χ2v) is 7.92. The van der Waals surface area contributed by atoms with Crippen molar-refractivity contribution in [3.8, 4) is 17.2 Å². The summed E-state index contributed by atoms with van der Waals surface area (Å²) in [7, 11) is 4.43. The molecule has 10 nitrogen and oxygen atoms in total. The Morgan fingerprint density at radius 2 is 1.68 bits per heavy atom. The van der Waals surface area contributed by atoms with Crippen LogP contribution < -0.4 is 24.8 Å². The van der Waals surface area contributed by atoms with Crippen LogP contribution in [0.1, 0.15) is 26.4 Å². The number of hydrogen-bond donors (Lipinski definition) is 2. The number of aromatic nitrogens is 3. The molecule has 11 heteroatoms. The second kappa shape index (κ2) is 11.9. The van der Waals surface area contributed by atoms with Crippen molar-refractivity contribution in [3.05, 3.63) is 59.4 Å². The number of rotatable bonds is 11. The fraction of sp³-hybridized carbons (Fsp3) is 0.304. The van der Waals surface area contributed by atoms with Crippen LogP contribution in [0.5, 0.6) is 17.2 Å². The van der Waals surface area contributed by atoms with Crippen molar-refractivity contribution in [2.45, 2.75) is 18.0 Å². The summed E-state index contributed by atoms with van der Waals surface area (Å²) in [6.45, 7) is 0.990. The van der Waals surface area contributed by atoms with Crippen molar-refractivity contribution in [3.63, 3.8) is 0 Å². The minimum Gasteiger partial charge on any atom is -0.493 e. The Labute approximate surface area is 202 Å². The molecule has 0 spiro atoms. The Bertz CT molecular complexity index is 1130. The molecule has 2 N–H and O–H groups in total. The van der Waals surface area contributed by atoms with Crippen LogP contribution in [0.3, 0.4) is 0 Å². The molecular weight excluding hydrogens is 458 g/mol. The molecule has 2 aromatic carbocycles. The Kier molecular flexibility index (Phi) is 8.74. The highest BCUT2D eigenvalue weighted by Crippen LogP contribution is 2.39. The van der Waals surface area contributed by atoms with Gasteiger partial charge in [0.1, 0.15) is 0 Å². The molecule has 0 bridgehead atoms. The van der Waals surface area contributed by atoms with Gasteiger partial charge in [0.15, 0.2) is 17.2 Å². The van der Waals surface area contributed by atoms with Crippen LogP contribution in [0.4, 0.5) is 0 Å².